The standard InChI is InChI=1S/C17H26N2O5/c1-17(2,3)24-16(23)19-9-8-13(19)15(22)18-12(6-7-14(20)21)10-11-4-5-11/h6-7,11-13H,4-5,8-10H2,1-3H3,(H,18,22)(H,20,21)/b7-6+/t12-,13?/m1/s1. The van der Waals surface area contributed by atoms with Crippen LogP contribution in [0.3, 0.4) is 0 Å². The van der Waals surface area contributed by atoms with Gasteiger partial charge in [-0.25, -0.2) is 9.59 Å². The minimum atomic E-state index is -1.04. The number of carboxylic acids is 1. The number of ether oxygens (including phenoxy) is 1. The fourth-order valence-electron chi connectivity index (χ4n) is 2.57. The maximum absolute atomic E-state index is 12.4. The predicted molar refractivity (Wildman–Crippen MR) is 87.4 cm³/mol. The second-order valence-electron chi connectivity index (χ2n) is 7.47. The molecular formula is C17H26N2O5. The number of hydrogen-bond donors (Lipinski definition) is 2. The number of likely N-dealkylation sites (tertiary alicyclic amines) is 1. The smallest absolute Gasteiger partial charge is 0.410 e. The first kappa shape index (κ1) is 18.3. The first-order chi connectivity index (χ1) is 11.2. The topological polar surface area (TPSA) is 95.9 Å². The fourth-order valence-corrected chi connectivity index (χ4v) is 2.57. The number of nitrogens with one attached hydrogen (secondary N) is 1. The SMILES string of the molecule is CC(C)(C)OC(=O)N1CCC1C(=O)N[C@H](/C=C/C(=O)O)CC1CC1. The highest BCUT2D eigenvalue weighted by molar-refractivity contribution is 5.88. The van der Waals surface area contributed by atoms with Crippen LogP contribution >= 0.6 is 0 Å². The fraction of sp³-hybridized carbons (Fsp3) is 0.706. The van der Waals surface area contributed by atoms with Gasteiger partial charge < -0.3 is 15.2 Å². The molecule has 2 amide bonds. The molecule has 24 heavy (non-hydrogen) atoms. The number of aliphatic carboxylic acids is 1. The van der Waals surface area contributed by atoms with Gasteiger partial charge >= 0.3 is 12.1 Å². The lowest BCUT2D eigenvalue weighted by Gasteiger charge is -2.40. The van der Waals surface area contributed by atoms with Gasteiger partial charge in [0.25, 0.3) is 0 Å². The maximum Gasteiger partial charge on any atom is 0.410 e. The highest BCUT2D eigenvalue weighted by Crippen LogP contribution is 2.34. The first-order valence-electron chi connectivity index (χ1n) is 8.37. The number of carboxylic acid groups (broad SMARTS) is 1. The molecule has 2 rings (SSSR count). The van der Waals surface area contributed by atoms with Gasteiger partial charge in [0.2, 0.25) is 5.91 Å². The molecular weight excluding hydrogens is 312 g/mol. The Hall–Kier alpha value is -2.05. The molecule has 1 aliphatic heterocycles. The Morgan fingerprint density at radius 1 is 1.29 bits per heavy atom. The van der Waals surface area contributed by atoms with Gasteiger partial charge in [-0.2, -0.15) is 0 Å². The third kappa shape index (κ3) is 5.54. The van der Waals surface area contributed by atoms with Gasteiger partial charge in [-0.1, -0.05) is 18.9 Å². The molecule has 0 aromatic heterocycles. The Bertz CT molecular complexity index is 534. The maximum atomic E-state index is 12.4. The number of carbonyl (C=O) groups excluding carboxylic acids is 2. The average Bonchev–Trinajstić information content (AvgIpc) is 3.15. The van der Waals surface area contributed by atoms with E-state index in [9.17, 15) is 14.4 Å². The number of carbonyl (C=O) groups is 3. The summed E-state index contributed by atoms with van der Waals surface area (Å²) < 4.78 is 5.30. The summed E-state index contributed by atoms with van der Waals surface area (Å²) in [5.41, 5.74) is -0.605. The first-order valence-corrected chi connectivity index (χ1v) is 8.37. The van der Waals surface area contributed by atoms with Crippen LogP contribution in [-0.4, -0.2) is 52.2 Å². The molecule has 7 heteroatoms. The lowest BCUT2D eigenvalue weighted by atomic mass is 10.0. The molecule has 134 valence electrons. The van der Waals surface area contributed by atoms with Crippen LogP contribution in [-0.2, 0) is 14.3 Å². The lowest BCUT2D eigenvalue weighted by Crippen LogP contribution is -2.60. The van der Waals surface area contributed by atoms with Gasteiger partial charge in [-0.15, -0.1) is 0 Å². The largest absolute Gasteiger partial charge is 0.478 e. The van der Waals surface area contributed by atoms with E-state index in [1.165, 1.54) is 11.0 Å². The van der Waals surface area contributed by atoms with Crippen LogP contribution in [0.2, 0.25) is 0 Å². The minimum Gasteiger partial charge on any atom is -0.478 e. The van der Waals surface area contributed by atoms with Crippen LogP contribution < -0.4 is 5.32 Å². The summed E-state index contributed by atoms with van der Waals surface area (Å²) in [5, 5.41) is 11.6. The molecule has 1 saturated carbocycles. The molecule has 0 aromatic rings. The van der Waals surface area contributed by atoms with Crippen molar-refractivity contribution in [2.75, 3.05) is 6.54 Å². The Balaban J connectivity index is 1.91. The summed E-state index contributed by atoms with van der Waals surface area (Å²) in [5.74, 6) is -0.756. The van der Waals surface area contributed by atoms with Gasteiger partial charge in [-0.05, 0) is 39.5 Å². The molecule has 1 aliphatic carbocycles. The van der Waals surface area contributed by atoms with Crippen molar-refractivity contribution in [1.29, 1.82) is 0 Å². The monoisotopic (exact) mass is 338 g/mol. The molecule has 1 unspecified atom stereocenters. The normalized spacial score (nSPS) is 22.0. The highest BCUT2D eigenvalue weighted by atomic mass is 16.6. The van der Waals surface area contributed by atoms with Crippen LogP contribution in [0.4, 0.5) is 4.79 Å². The van der Waals surface area contributed by atoms with Crippen molar-refractivity contribution in [3.63, 3.8) is 0 Å². The van der Waals surface area contributed by atoms with E-state index in [-0.39, 0.29) is 11.9 Å². The summed E-state index contributed by atoms with van der Waals surface area (Å²) in [7, 11) is 0. The number of nitrogens with zero attached hydrogens (tertiary/aromatic N) is 1. The van der Waals surface area contributed by atoms with Gasteiger partial charge in [-0.3, -0.25) is 9.69 Å². The molecule has 2 aliphatic rings. The van der Waals surface area contributed by atoms with Crippen molar-refractivity contribution in [1.82, 2.24) is 10.2 Å². The second-order valence-corrected chi connectivity index (χ2v) is 7.47. The van der Waals surface area contributed by atoms with Crippen molar-refractivity contribution < 1.29 is 24.2 Å². The molecule has 0 aromatic carbocycles. The van der Waals surface area contributed by atoms with Crippen molar-refractivity contribution in [2.45, 2.75) is 64.1 Å². The summed E-state index contributed by atoms with van der Waals surface area (Å²) >= 11 is 0. The van der Waals surface area contributed by atoms with Crippen molar-refractivity contribution in [3.05, 3.63) is 12.2 Å². The second kappa shape index (κ2) is 7.23. The summed E-state index contributed by atoms with van der Waals surface area (Å²) in [6.07, 6.45) is 5.61. The zero-order valence-electron chi connectivity index (χ0n) is 14.4. The van der Waals surface area contributed by atoms with Crippen LogP contribution in [0.5, 0.6) is 0 Å². The summed E-state index contributed by atoms with van der Waals surface area (Å²) in [4.78, 5) is 36.6. The minimum absolute atomic E-state index is 0.257. The van der Waals surface area contributed by atoms with Gasteiger partial charge in [0, 0.05) is 18.7 Å². The van der Waals surface area contributed by atoms with E-state index in [1.54, 1.807) is 20.8 Å². The molecule has 2 atom stereocenters. The zero-order valence-corrected chi connectivity index (χ0v) is 14.4. The average molecular weight is 338 g/mol. The van der Waals surface area contributed by atoms with Crippen LogP contribution in [0, 0.1) is 5.92 Å². The molecule has 2 N–H and O–H groups in total. The third-order valence-corrected chi connectivity index (χ3v) is 4.03. The molecule has 0 spiro atoms. The number of amides is 2. The van der Waals surface area contributed by atoms with Crippen LogP contribution in [0.15, 0.2) is 12.2 Å². The highest BCUT2D eigenvalue weighted by Gasteiger charge is 2.40. The molecule has 0 bridgehead atoms. The zero-order chi connectivity index (χ0) is 17.9. The van der Waals surface area contributed by atoms with E-state index in [4.69, 9.17) is 9.84 Å². The van der Waals surface area contributed by atoms with Crippen molar-refractivity contribution in [3.8, 4) is 0 Å². The van der Waals surface area contributed by atoms with Gasteiger partial charge in [0.1, 0.15) is 11.6 Å². The molecule has 0 radical (unpaired) electrons. The number of rotatable bonds is 6. The van der Waals surface area contributed by atoms with Crippen molar-refractivity contribution in [2.24, 2.45) is 5.92 Å². The summed E-state index contributed by atoms with van der Waals surface area (Å²) in [6, 6.07) is -0.859. The Morgan fingerprint density at radius 3 is 2.42 bits per heavy atom. The predicted octanol–water partition coefficient (Wildman–Crippen LogP) is 1.92. The van der Waals surface area contributed by atoms with Gasteiger partial charge in [0.05, 0.1) is 0 Å². The molecule has 1 saturated heterocycles. The quantitative estimate of drug-likeness (QED) is 0.721. The Morgan fingerprint density at radius 2 is 1.96 bits per heavy atom. The summed E-state index contributed by atoms with van der Waals surface area (Å²) in [6.45, 7) is 5.83. The number of hydrogen-bond acceptors (Lipinski definition) is 4. The van der Waals surface area contributed by atoms with E-state index in [1.807, 2.05) is 0 Å². The van der Waals surface area contributed by atoms with E-state index >= 15 is 0 Å². The van der Waals surface area contributed by atoms with Gasteiger partial charge in [0.15, 0.2) is 0 Å². The van der Waals surface area contributed by atoms with Crippen LogP contribution in [0.25, 0.3) is 0 Å². The van der Waals surface area contributed by atoms with E-state index in [0.717, 1.165) is 25.3 Å². The molecule has 1 heterocycles. The molecule has 7 nitrogen and oxygen atoms in total. The molecule has 2 fully saturated rings. The Labute approximate surface area is 142 Å². The van der Waals surface area contributed by atoms with Crippen LogP contribution in [0.1, 0.15) is 46.5 Å². The van der Waals surface area contributed by atoms with E-state index in [2.05, 4.69) is 5.32 Å². The van der Waals surface area contributed by atoms with Crippen molar-refractivity contribution >= 4 is 18.0 Å². The van der Waals surface area contributed by atoms with E-state index < -0.39 is 23.7 Å². The Kier molecular flexibility index (Phi) is 5.51. The lowest BCUT2D eigenvalue weighted by molar-refractivity contribution is -0.132. The van der Waals surface area contributed by atoms with E-state index in [0.29, 0.717) is 18.9 Å². The third-order valence-electron chi connectivity index (χ3n) is 4.03.